The minimum absolute atomic E-state index is 0.250. The van der Waals surface area contributed by atoms with Crippen molar-refractivity contribution in [1.29, 1.82) is 0 Å². The molecule has 0 aromatic carbocycles. The van der Waals surface area contributed by atoms with Crippen molar-refractivity contribution < 1.29 is 29.1 Å². The summed E-state index contributed by atoms with van der Waals surface area (Å²) in [5.41, 5.74) is 3.98. The molecule has 0 aliphatic heterocycles. The first-order chi connectivity index (χ1) is 22.5. The summed E-state index contributed by atoms with van der Waals surface area (Å²) in [5.74, 6) is -2.20. The number of aliphatic carboxylic acids is 1. The van der Waals surface area contributed by atoms with Crippen molar-refractivity contribution in [3.8, 4) is 0 Å². The molecule has 0 radical (unpaired) electrons. The van der Waals surface area contributed by atoms with Crippen molar-refractivity contribution in [1.82, 2.24) is 21.3 Å². The third-order valence-corrected chi connectivity index (χ3v) is 9.53. The van der Waals surface area contributed by atoms with E-state index in [4.69, 9.17) is 0 Å². The van der Waals surface area contributed by atoms with E-state index in [1.54, 1.807) is 20.8 Å². The molecule has 0 aliphatic rings. The number of amides is 4. The van der Waals surface area contributed by atoms with E-state index < -0.39 is 47.9 Å². The average Bonchev–Trinajstić information content (AvgIpc) is 3.00. The summed E-state index contributed by atoms with van der Waals surface area (Å²) in [5, 5.41) is 20.4. The molecule has 12 heteroatoms. The smallest absolute Gasteiger partial charge is 0.326 e. The molecule has 274 valence electrons. The van der Waals surface area contributed by atoms with Crippen molar-refractivity contribution in [2.45, 2.75) is 125 Å². The first-order valence-corrected chi connectivity index (χ1v) is 19.5. The molecule has 0 heterocycles. The van der Waals surface area contributed by atoms with Gasteiger partial charge in [-0.15, -0.1) is 0 Å². The topological polar surface area (TPSA) is 154 Å². The predicted molar refractivity (Wildman–Crippen MR) is 201 cm³/mol. The van der Waals surface area contributed by atoms with Gasteiger partial charge in [-0.25, -0.2) is 4.79 Å². The van der Waals surface area contributed by atoms with E-state index in [1.807, 2.05) is 13.2 Å². The van der Waals surface area contributed by atoms with Crippen molar-refractivity contribution in [2.75, 3.05) is 23.5 Å². The lowest BCUT2D eigenvalue weighted by molar-refractivity contribution is -0.142. The van der Waals surface area contributed by atoms with Crippen LogP contribution in [-0.2, 0) is 24.0 Å². The standard InChI is InChI=1S/C36H62N4O6S2/c1-11-27(8)32(35(44)38-29(36(45)46)19-20-47-10)40-34(43)31(24(4)5)39-33(42)30(37-28(9)41)22-48-21-18-26(7)17-13-16-25(6)15-12-14-23(2)3/h14,16,18,24,27,29-32H,11-13,15,17,19-22H2,1-10H3,(H,37,41)(H,38,44)(H,39,42)(H,40,43)(H,45,46)/b25-16+,26-18+. The van der Waals surface area contributed by atoms with Crippen LogP contribution in [0.15, 0.2) is 34.9 Å². The van der Waals surface area contributed by atoms with Crippen molar-refractivity contribution in [3.63, 3.8) is 0 Å². The SMILES string of the molecule is CCC(C)C(NC(=O)C(NC(=O)C(CSC/C=C(\C)CC/C=C(\C)CCC=C(C)C)NC(C)=O)C(C)C)C(=O)NC(CCSC)C(=O)O. The Morgan fingerprint density at radius 1 is 0.729 bits per heavy atom. The quantitative estimate of drug-likeness (QED) is 0.0638. The second-order valence-corrected chi connectivity index (χ2v) is 15.1. The van der Waals surface area contributed by atoms with Crippen molar-refractivity contribution in [2.24, 2.45) is 11.8 Å². The summed E-state index contributed by atoms with van der Waals surface area (Å²) >= 11 is 2.99. The molecule has 5 atom stereocenters. The fourth-order valence-electron chi connectivity index (χ4n) is 4.64. The van der Waals surface area contributed by atoms with Gasteiger partial charge in [-0.1, -0.05) is 69.1 Å². The highest BCUT2D eigenvalue weighted by molar-refractivity contribution is 7.99. The maximum Gasteiger partial charge on any atom is 0.326 e. The van der Waals surface area contributed by atoms with Gasteiger partial charge in [0.15, 0.2) is 0 Å². The van der Waals surface area contributed by atoms with E-state index in [0.29, 0.717) is 23.7 Å². The number of thioether (sulfide) groups is 2. The fourth-order valence-corrected chi connectivity index (χ4v) is 6.12. The van der Waals surface area contributed by atoms with Gasteiger partial charge in [-0.3, -0.25) is 19.2 Å². The zero-order valence-electron chi connectivity index (χ0n) is 30.9. The number of carboxylic acids is 1. The molecule has 0 saturated carbocycles. The Kier molecular flexibility index (Phi) is 23.8. The van der Waals surface area contributed by atoms with E-state index in [9.17, 15) is 29.1 Å². The Labute approximate surface area is 297 Å². The highest BCUT2D eigenvalue weighted by atomic mass is 32.2. The zero-order chi connectivity index (χ0) is 36.8. The Morgan fingerprint density at radius 3 is 1.81 bits per heavy atom. The maximum absolute atomic E-state index is 13.5. The lowest BCUT2D eigenvalue weighted by Gasteiger charge is -2.29. The second kappa shape index (κ2) is 25.3. The average molecular weight is 711 g/mol. The Bertz CT molecular complexity index is 1130. The molecule has 48 heavy (non-hydrogen) atoms. The van der Waals surface area contributed by atoms with E-state index in [1.165, 1.54) is 47.2 Å². The molecule has 5 unspecified atom stereocenters. The van der Waals surface area contributed by atoms with Gasteiger partial charge in [0.2, 0.25) is 23.6 Å². The van der Waals surface area contributed by atoms with Crippen LogP contribution in [0, 0.1) is 11.8 Å². The van der Waals surface area contributed by atoms with E-state index >= 15 is 0 Å². The number of nitrogens with one attached hydrogen (secondary N) is 4. The number of hydrogen-bond donors (Lipinski definition) is 5. The fraction of sp³-hybridized carbons (Fsp3) is 0.694. The summed E-state index contributed by atoms with van der Waals surface area (Å²) in [6.07, 6.45) is 13.4. The van der Waals surface area contributed by atoms with Gasteiger partial charge in [-0.2, -0.15) is 23.5 Å². The lowest BCUT2D eigenvalue weighted by atomic mass is 9.96. The Morgan fingerprint density at radius 2 is 1.29 bits per heavy atom. The van der Waals surface area contributed by atoms with Gasteiger partial charge in [0.05, 0.1) is 0 Å². The van der Waals surface area contributed by atoms with E-state index in [-0.39, 0.29) is 24.2 Å². The van der Waals surface area contributed by atoms with Crippen LogP contribution < -0.4 is 21.3 Å². The number of rotatable bonds is 24. The van der Waals surface area contributed by atoms with Crippen LogP contribution in [0.3, 0.4) is 0 Å². The molecular weight excluding hydrogens is 649 g/mol. The van der Waals surface area contributed by atoms with Gasteiger partial charge < -0.3 is 26.4 Å². The largest absolute Gasteiger partial charge is 0.480 e. The van der Waals surface area contributed by atoms with E-state index in [0.717, 1.165) is 25.7 Å². The van der Waals surface area contributed by atoms with Crippen LogP contribution in [0.4, 0.5) is 0 Å². The Hall–Kier alpha value is -2.73. The number of carboxylic acid groups (broad SMARTS) is 1. The van der Waals surface area contributed by atoms with Crippen LogP contribution in [0.1, 0.15) is 101 Å². The minimum Gasteiger partial charge on any atom is -0.480 e. The molecule has 0 fully saturated rings. The van der Waals surface area contributed by atoms with Gasteiger partial charge in [0, 0.05) is 18.4 Å². The molecule has 0 rings (SSSR count). The second-order valence-electron chi connectivity index (χ2n) is 13.0. The molecule has 5 N–H and O–H groups in total. The van der Waals surface area contributed by atoms with Crippen molar-refractivity contribution >= 4 is 53.1 Å². The first-order valence-electron chi connectivity index (χ1n) is 17.0. The lowest BCUT2D eigenvalue weighted by Crippen LogP contribution is -2.60. The molecular formula is C36H62N4O6S2. The molecule has 10 nitrogen and oxygen atoms in total. The normalized spacial score (nSPS) is 15.1. The summed E-state index contributed by atoms with van der Waals surface area (Å²) < 4.78 is 0. The molecule has 0 aliphatic carbocycles. The summed E-state index contributed by atoms with van der Waals surface area (Å²) in [6, 6.07) is -3.91. The van der Waals surface area contributed by atoms with Gasteiger partial charge in [0.1, 0.15) is 24.2 Å². The molecule has 0 aromatic rings. The number of carbonyl (C=O) groups excluding carboxylic acids is 4. The minimum atomic E-state index is -1.14. The van der Waals surface area contributed by atoms with Crippen LogP contribution >= 0.6 is 23.5 Å². The molecule has 0 spiro atoms. The highest BCUT2D eigenvalue weighted by Crippen LogP contribution is 2.15. The van der Waals surface area contributed by atoms with Crippen LogP contribution in [0.25, 0.3) is 0 Å². The predicted octanol–water partition coefficient (Wildman–Crippen LogP) is 5.64. The molecule has 0 bridgehead atoms. The zero-order valence-corrected chi connectivity index (χ0v) is 32.5. The molecule has 0 saturated heterocycles. The summed E-state index contributed by atoms with van der Waals surface area (Å²) in [4.78, 5) is 63.8. The summed E-state index contributed by atoms with van der Waals surface area (Å²) in [7, 11) is 0. The van der Waals surface area contributed by atoms with Crippen LogP contribution in [0.2, 0.25) is 0 Å². The monoisotopic (exact) mass is 710 g/mol. The molecule has 0 aromatic heterocycles. The van der Waals surface area contributed by atoms with Crippen LogP contribution in [-0.4, -0.2) is 82.4 Å². The number of hydrogen-bond acceptors (Lipinski definition) is 7. The summed E-state index contributed by atoms with van der Waals surface area (Å²) in [6.45, 7) is 17.1. The third kappa shape index (κ3) is 19.9. The maximum atomic E-state index is 13.5. The van der Waals surface area contributed by atoms with Gasteiger partial charge in [-0.05, 0) is 83.6 Å². The Balaban J connectivity index is 5.42. The number of carbonyl (C=O) groups is 5. The van der Waals surface area contributed by atoms with E-state index in [2.05, 4.69) is 67.2 Å². The van der Waals surface area contributed by atoms with Crippen molar-refractivity contribution in [3.05, 3.63) is 34.9 Å². The molecule has 4 amide bonds. The van der Waals surface area contributed by atoms with Gasteiger partial charge in [0.25, 0.3) is 0 Å². The third-order valence-electron chi connectivity index (χ3n) is 7.92. The number of allylic oxidation sites excluding steroid dienone is 5. The van der Waals surface area contributed by atoms with Gasteiger partial charge >= 0.3 is 5.97 Å². The van der Waals surface area contributed by atoms with Crippen LogP contribution in [0.5, 0.6) is 0 Å². The first kappa shape index (κ1) is 45.3. The highest BCUT2D eigenvalue weighted by Gasteiger charge is 2.34.